The molecule has 3 heteroatoms. The quantitative estimate of drug-likeness (QED) is 0.471. The summed E-state index contributed by atoms with van der Waals surface area (Å²) >= 11 is 0. The third-order valence-electron chi connectivity index (χ3n) is 4.29. The topological polar surface area (TPSA) is 14.2 Å². The number of hydrogen-bond donors (Lipinski definition) is 0. The molecule has 1 heterocycles. The van der Waals surface area contributed by atoms with Crippen molar-refractivity contribution in [3.63, 3.8) is 0 Å². The summed E-state index contributed by atoms with van der Waals surface area (Å²) in [5, 5.41) is 0.905. The second kappa shape index (κ2) is 6.44. The van der Waals surface area contributed by atoms with Gasteiger partial charge in [-0.15, -0.1) is 0 Å². The van der Waals surface area contributed by atoms with Crippen LogP contribution in [0.25, 0.3) is 16.6 Å². The van der Waals surface area contributed by atoms with Crippen LogP contribution in [0, 0.1) is 12.7 Å². The summed E-state index contributed by atoms with van der Waals surface area (Å²) < 4.78 is 21.4. The van der Waals surface area contributed by atoms with E-state index in [2.05, 4.69) is 4.57 Å². The predicted molar refractivity (Wildman–Crippen MR) is 98.7 cm³/mol. The van der Waals surface area contributed by atoms with Crippen LogP contribution in [0.1, 0.15) is 11.3 Å². The second-order valence-electron chi connectivity index (χ2n) is 6.09. The normalized spacial score (nSPS) is 11.0. The molecular weight excluding hydrogens is 313 g/mol. The van der Waals surface area contributed by atoms with Crippen LogP contribution in [0.2, 0.25) is 0 Å². The largest absolute Gasteiger partial charge is 0.489 e. The molecule has 0 saturated heterocycles. The minimum absolute atomic E-state index is 0.214. The Hall–Kier alpha value is -3.07. The molecule has 124 valence electrons. The lowest BCUT2D eigenvalue weighted by atomic mass is 10.2. The zero-order valence-electron chi connectivity index (χ0n) is 13.9. The molecule has 0 aliphatic rings. The van der Waals surface area contributed by atoms with Gasteiger partial charge in [-0.3, -0.25) is 0 Å². The molecule has 0 atom stereocenters. The molecule has 0 saturated carbocycles. The van der Waals surface area contributed by atoms with Gasteiger partial charge in [0, 0.05) is 16.8 Å². The summed E-state index contributed by atoms with van der Waals surface area (Å²) in [6.07, 6.45) is 0. The van der Waals surface area contributed by atoms with Gasteiger partial charge in [0.05, 0.1) is 5.52 Å². The van der Waals surface area contributed by atoms with E-state index < -0.39 is 0 Å². The van der Waals surface area contributed by atoms with Gasteiger partial charge in [-0.25, -0.2) is 4.39 Å². The van der Waals surface area contributed by atoms with Crippen molar-refractivity contribution >= 4 is 10.9 Å². The van der Waals surface area contributed by atoms with Crippen LogP contribution in [0.5, 0.6) is 5.75 Å². The highest BCUT2D eigenvalue weighted by Gasteiger charge is 2.08. The first-order chi connectivity index (χ1) is 12.2. The zero-order valence-corrected chi connectivity index (χ0v) is 13.9. The minimum atomic E-state index is -0.214. The summed E-state index contributed by atoms with van der Waals surface area (Å²) in [5.74, 6) is 0.613. The van der Waals surface area contributed by atoms with Crippen LogP contribution in [-0.4, -0.2) is 4.57 Å². The third-order valence-corrected chi connectivity index (χ3v) is 4.29. The van der Waals surface area contributed by atoms with Crippen LogP contribution >= 0.6 is 0 Å². The molecule has 0 bridgehead atoms. The number of rotatable bonds is 4. The maximum atomic E-state index is 13.4. The summed E-state index contributed by atoms with van der Waals surface area (Å²) in [6.45, 7) is 2.57. The van der Waals surface area contributed by atoms with Gasteiger partial charge in [-0.1, -0.05) is 30.3 Å². The maximum Gasteiger partial charge on any atom is 0.123 e. The molecule has 2 nitrogen and oxygen atoms in total. The first kappa shape index (κ1) is 15.5. The molecule has 0 amide bonds. The molecule has 0 radical (unpaired) electrons. The highest BCUT2D eigenvalue weighted by Crippen LogP contribution is 2.26. The Labute approximate surface area is 146 Å². The minimum Gasteiger partial charge on any atom is -0.489 e. The van der Waals surface area contributed by atoms with E-state index in [1.165, 1.54) is 6.07 Å². The Morgan fingerprint density at radius 1 is 0.880 bits per heavy atom. The van der Waals surface area contributed by atoms with E-state index in [9.17, 15) is 4.39 Å². The zero-order chi connectivity index (χ0) is 17.2. The summed E-state index contributed by atoms with van der Waals surface area (Å²) in [6, 6.07) is 24.9. The fourth-order valence-corrected chi connectivity index (χ4v) is 3.10. The molecule has 0 fully saturated rings. The first-order valence-corrected chi connectivity index (χ1v) is 8.25. The van der Waals surface area contributed by atoms with Crippen LogP contribution in [0.3, 0.4) is 0 Å². The second-order valence-corrected chi connectivity index (χ2v) is 6.09. The third kappa shape index (κ3) is 3.13. The number of fused-ring (bicyclic) bond motifs is 1. The SMILES string of the molecule is Cc1cc2cc(F)ccc2n1-c1ccc(OCc2ccccc2)cc1. The summed E-state index contributed by atoms with van der Waals surface area (Å²) in [7, 11) is 0. The van der Waals surface area contributed by atoms with E-state index in [-0.39, 0.29) is 5.82 Å². The van der Waals surface area contributed by atoms with Gasteiger partial charge in [0.2, 0.25) is 0 Å². The Balaban J connectivity index is 1.59. The van der Waals surface area contributed by atoms with Gasteiger partial charge in [0.15, 0.2) is 0 Å². The predicted octanol–water partition coefficient (Wildman–Crippen LogP) is 5.66. The van der Waals surface area contributed by atoms with Crippen molar-refractivity contribution in [1.29, 1.82) is 0 Å². The van der Waals surface area contributed by atoms with E-state index in [1.54, 1.807) is 6.07 Å². The smallest absolute Gasteiger partial charge is 0.123 e. The lowest BCUT2D eigenvalue weighted by Crippen LogP contribution is -1.98. The van der Waals surface area contributed by atoms with E-state index >= 15 is 0 Å². The number of halogens is 1. The van der Waals surface area contributed by atoms with Crippen molar-refractivity contribution in [2.75, 3.05) is 0 Å². The van der Waals surface area contributed by atoms with Gasteiger partial charge >= 0.3 is 0 Å². The molecule has 3 aromatic carbocycles. The van der Waals surface area contributed by atoms with Crippen molar-refractivity contribution in [2.45, 2.75) is 13.5 Å². The molecule has 0 spiro atoms. The Morgan fingerprint density at radius 2 is 1.64 bits per heavy atom. The lowest BCUT2D eigenvalue weighted by molar-refractivity contribution is 0.306. The summed E-state index contributed by atoms with van der Waals surface area (Å²) in [4.78, 5) is 0. The van der Waals surface area contributed by atoms with E-state index in [1.807, 2.05) is 73.7 Å². The molecular formula is C22H18FNO. The summed E-state index contributed by atoms with van der Waals surface area (Å²) in [5.41, 5.74) is 4.24. The van der Waals surface area contributed by atoms with Crippen molar-refractivity contribution in [2.24, 2.45) is 0 Å². The average Bonchev–Trinajstić information content (AvgIpc) is 2.96. The molecule has 0 aliphatic heterocycles. The van der Waals surface area contributed by atoms with Crippen molar-refractivity contribution in [1.82, 2.24) is 4.57 Å². The number of aryl methyl sites for hydroxylation is 1. The molecule has 4 aromatic rings. The van der Waals surface area contributed by atoms with Crippen molar-refractivity contribution in [3.05, 3.63) is 95.9 Å². The Morgan fingerprint density at radius 3 is 2.40 bits per heavy atom. The number of aromatic nitrogens is 1. The number of hydrogen-bond acceptors (Lipinski definition) is 1. The highest BCUT2D eigenvalue weighted by molar-refractivity contribution is 5.83. The highest BCUT2D eigenvalue weighted by atomic mass is 19.1. The van der Waals surface area contributed by atoms with Gasteiger partial charge in [0.1, 0.15) is 18.2 Å². The van der Waals surface area contributed by atoms with Crippen LogP contribution in [-0.2, 0) is 6.61 Å². The van der Waals surface area contributed by atoms with Gasteiger partial charge in [-0.2, -0.15) is 0 Å². The molecule has 0 N–H and O–H groups in total. The molecule has 0 aliphatic carbocycles. The van der Waals surface area contributed by atoms with Crippen LogP contribution in [0.15, 0.2) is 78.9 Å². The molecule has 25 heavy (non-hydrogen) atoms. The number of nitrogens with zero attached hydrogens (tertiary/aromatic N) is 1. The fourth-order valence-electron chi connectivity index (χ4n) is 3.10. The molecule has 1 aromatic heterocycles. The van der Waals surface area contributed by atoms with Crippen molar-refractivity contribution in [3.8, 4) is 11.4 Å². The molecule has 0 unspecified atom stereocenters. The van der Waals surface area contributed by atoms with Gasteiger partial charge in [-0.05, 0) is 61.0 Å². The number of ether oxygens (including phenoxy) is 1. The standard InChI is InChI=1S/C22H18FNO/c1-16-13-18-14-19(23)7-12-22(18)24(16)20-8-10-21(11-9-20)25-15-17-5-3-2-4-6-17/h2-14H,15H2,1H3. The van der Waals surface area contributed by atoms with Crippen LogP contribution in [0.4, 0.5) is 4.39 Å². The van der Waals surface area contributed by atoms with E-state index in [0.717, 1.165) is 33.6 Å². The van der Waals surface area contributed by atoms with Crippen LogP contribution < -0.4 is 4.74 Å². The van der Waals surface area contributed by atoms with Gasteiger partial charge in [0.25, 0.3) is 0 Å². The van der Waals surface area contributed by atoms with Crippen molar-refractivity contribution < 1.29 is 9.13 Å². The fraction of sp³-hybridized carbons (Fsp3) is 0.0909. The molecule has 4 rings (SSSR count). The Kier molecular flexibility index (Phi) is 3.98. The maximum absolute atomic E-state index is 13.4. The number of benzene rings is 3. The lowest BCUT2D eigenvalue weighted by Gasteiger charge is -2.11. The first-order valence-electron chi connectivity index (χ1n) is 8.25. The van der Waals surface area contributed by atoms with Gasteiger partial charge < -0.3 is 9.30 Å². The average molecular weight is 331 g/mol. The van der Waals surface area contributed by atoms with E-state index in [4.69, 9.17) is 4.74 Å². The monoisotopic (exact) mass is 331 g/mol. The Bertz CT molecular complexity index is 1000. The van der Waals surface area contributed by atoms with E-state index in [0.29, 0.717) is 6.61 Å².